The Kier molecular flexibility index (Phi) is 5.60. The fourth-order valence-electron chi connectivity index (χ4n) is 4.11. The lowest BCUT2D eigenvalue weighted by Gasteiger charge is -2.12. The highest BCUT2D eigenvalue weighted by Crippen LogP contribution is 2.29. The van der Waals surface area contributed by atoms with E-state index in [1.54, 1.807) is 22.9 Å². The highest BCUT2D eigenvalue weighted by Gasteiger charge is 2.21. The van der Waals surface area contributed by atoms with Crippen molar-refractivity contribution in [2.45, 2.75) is 43.5 Å². The lowest BCUT2D eigenvalue weighted by Crippen LogP contribution is -2.19. The molecule has 30 heavy (non-hydrogen) atoms. The van der Waals surface area contributed by atoms with Crippen molar-refractivity contribution in [1.82, 2.24) is 9.78 Å². The topological polar surface area (TPSA) is 81.1 Å². The Morgan fingerprint density at radius 2 is 1.97 bits per heavy atom. The molecule has 4 rings (SSSR count). The first-order valence-corrected chi connectivity index (χ1v) is 12.0. The number of nitrogens with zero attached hydrogens (tertiary/aromatic N) is 2. The van der Waals surface area contributed by atoms with Crippen LogP contribution in [0.3, 0.4) is 0 Å². The molecule has 1 aromatic heterocycles. The summed E-state index contributed by atoms with van der Waals surface area (Å²) in [4.78, 5) is 13.3. The van der Waals surface area contributed by atoms with Crippen molar-refractivity contribution in [3.8, 4) is 0 Å². The van der Waals surface area contributed by atoms with Gasteiger partial charge in [-0.1, -0.05) is 31.7 Å². The predicted octanol–water partition coefficient (Wildman–Crippen LogP) is 4.41. The summed E-state index contributed by atoms with van der Waals surface area (Å²) in [6.45, 7) is 0.576. The normalized spacial score (nSPS) is 15.0. The van der Waals surface area contributed by atoms with Gasteiger partial charge in [-0.2, -0.15) is 5.10 Å². The van der Waals surface area contributed by atoms with Gasteiger partial charge >= 0.3 is 0 Å². The number of fused-ring (bicyclic) bond motifs is 1. The zero-order valence-corrected chi connectivity index (χ0v) is 17.6. The highest BCUT2D eigenvalue weighted by atomic mass is 32.2. The summed E-state index contributed by atoms with van der Waals surface area (Å²) < 4.78 is 39.0. The lowest BCUT2D eigenvalue weighted by molar-refractivity contribution is 0.101. The molecule has 0 bridgehead atoms. The Bertz CT molecular complexity index is 1200. The number of anilines is 1. The molecule has 1 heterocycles. The van der Waals surface area contributed by atoms with Gasteiger partial charge < -0.3 is 5.32 Å². The van der Waals surface area contributed by atoms with E-state index in [2.05, 4.69) is 10.4 Å². The molecule has 8 heteroatoms. The van der Waals surface area contributed by atoms with Gasteiger partial charge in [-0.05, 0) is 42.7 Å². The van der Waals surface area contributed by atoms with E-state index in [-0.39, 0.29) is 4.90 Å². The number of halogens is 1. The van der Waals surface area contributed by atoms with E-state index in [0.717, 1.165) is 12.7 Å². The molecule has 3 aromatic rings. The van der Waals surface area contributed by atoms with Crippen molar-refractivity contribution < 1.29 is 17.6 Å². The molecule has 0 unspecified atom stereocenters. The fraction of sp³-hybridized carbons (Fsp3) is 0.364. The molecule has 158 valence electrons. The van der Waals surface area contributed by atoms with Gasteiger partial charge in [0.15, 0.2) is 9.84 Å². The SMILES string of the molecule is CS(=O)(=O)c1cccc(NC(=O)c2c3ccc(F)cc3nn2CCC2CCCC2)c1. The molecule has 0 spiro atoms. The van der Waals surface area contributed by atoms with Gasteiger partial charge in [0.25, 0.3) is 5.91 Å². The number of hydrogen-bond acceptors (Lipinski definition) is 4. The molecule has 6 nitrogen and oxygen atoms in total. The number of carbonyl (C=O) groups is 1. The number of hydrogen-bond donors (Lipinski definition) is 1. The smallest absolute Gasteiger partial charge is 0.274 e. The molecule has 0 saturated heterocycles. The molecule has 0 atom stereocenters. The summed E-state index contributed by atoms with van der Waals surface area (Å²) in [6.07, 6.45) is 6.89. The molecule has 0 radical (unpaired) electrons. The van der Waals surface area contributed by atoms with E-state index in [1.807, 2.05) is 0 Å². The molecule has 1 aliphatic rings. The van der Waals surface area contributed by atoms with Crippen LogP contribution in [0.5, 0.6) is 0 Å². The van der Waals surface area contributed by atoms with Gasteiger partial charge in [-0.3, -0.25) is 9.48 Å². The van der Waals surface area contributed by atoms with Crippen LogP contribution in [0.1, 0.15) is 42.6 Å². The van der Waals surface area contributed by atoms with Gasteiger partial charge in [0.2, 0.25) is 0 Å². The summed E-state index contributed by atoms with van der Waals surface area (Å²) in [5.74, 6) is -0.187. The number of benzene rings is 2. The minimum absolute atomic E-state index is 0.127. The minimum Gasteiger partial charge on any atom is -0.321 e. The van der Waals surface area contributed by atoms with E-state index in [9.17, 15) is 17.6 Å². The van der Waals surface area contributed by atoms with Crippen LogP contribution in [0.2, 0.25) is 0 Å². The summed E-state index contributed by atoms with van der Waals surface area (Å²) in [5, 5.41) is 7.82. The largest absolute Gasteiger partial charge is 0.321 e. The van der Waals surface area contributed by atoms with E-state index in [4.69, 9.17) is 0 Å². The second-order valence-corrected chi connectivity index (χ2v) is 9.94. The third-order valence-electron chi connectivity index (χ3n) is 5.66. The zero-order chi connectivity index (χ0) is 21.3. The third-order valence-corrected chi connectivity index (χ3v) is 6.77. The van der Waals surface area contributed by atoms with Crippen molar-refractivity contribution in [2.75, 3.05) is 11.6 Å². The minimum atomic E-state index is -3.39. The number of rotatable bonds is 6. The average molecular weight is 430 g/mol. The second-order valence-electron chi connectivity index (χ2n) is 7.93. The number of carbonyl (C=O) groups excluding carboxylic acids is 1. The highest BCUT2D eigenvalue weighted by molar-refractivity contribution is 7.90. The van der Waals surface area contributed by atoms with E-state index in [1.165, 1.54) is 49.9 Å². The molecular weight excluding hydrogens is 405 g/mol. The van der Waals surface area contributed by atoms with Crippen LogP contribution in [0, 0.1) is 11.7 Å². The van der Waals surface area contributed by atoms with Crippen molar-refractivity contribution in [3.05, 3.63) is 54.0 Å². The molecule has 0 aliphatic heterocycles. The Hall–Kier alpha value is -2.74. The van der Waals surface area contributed by atoms with Crippen LogP contribution in [-0.4, -0.2) is 30.4 Å². The van der Waals surface area contributed by atoms with Crippen LogP contribution in [0.15, 0.2) is 47.4 Å². The first-order valence-electron chi connectivity index (χ1n) is 10.1. The van der Waals surface area contributed by atoms with Gasteiger partial charge in [-0.15, -0.1) is 0 Å². The fourth-order valence-corrected chi connectivity index (χ4v) is 4.77. The van der Waals surface area contributed by atoms with Gasteiger partial charge in [0.05, 0.1) is 10.4 Å². The Morgan fingerprint density at radius 1 is 1.20 bits per heavy atom. The number of aryl methyl sites for hydroxylation is 1. The Morgan fingerprint density at radius 3 is 2.70 bits per heavy atom. The van der Waals surface area contributed by atoms with Crippen LogP contribution < -0.4 is 5.32 Å². The monoisotopic (exact) mass is 429 g/mol. The van der Waals surface area contributed by atoms with Crippen LogP contribution >= 0.6 is 0 Å². The molecule has 2 aromatic carbocycles. The Balaban J connectivity index is 1.65. The van der Waals surface area contributed by atoms with Gasteiger partial charge in [-0.25, -0.2) is 12.8 Å². The maximum atomic E-state index is 13.7. The second kappa shape index (κ2) is 8.18. The maximum Gasteiger partial charge on any atom is 0.274 e. The predicted molar refractivity (Wildman–Crippen MR) is 114 cm³/mol. The van der Waals surface area contributed by atoms with Gasteiger partial charge in [0.1, 0.15) is 11.5 Å². The molecule has 1 N–H and O–H groups in total. The quantitative estimate of drug-likeness (QED) is 0.629. The first-order chi connectivity index (χ1) is 14.3. The zero-order valence-electron chi connectivity index (χ0n) is 16.8. The van der Waals surface area contributed by atoms with Crippen LogP contribution in [-0.2, 0) is 16.4 Å². The van der Waals surface area contributed by atoms with Crippen molar-refractivity contribution in [2.24, 2.45) is 5.92 Å². The molecule has 1 fully saturated rings. The average Bonchev–Trinajstić information content (AvgIpc) is 3.32. The molecular formula is C22H24FN3O3S. The summed E-state index contributed by atoms with van der Waals surface area (Å²) in [7, 11) is -3.39. The standard InChI is InChI=1S/C22H24FN3O3S/c1-30(28,29)18-8-4-7-17(14-18)24-22(27)21-19-10-9-16(23)13-20(19)25-26(21)12-11-15-5-2-3-6-15/h4,7-10,13-15H,2-3,5-6,11-12H2,1H3,(H,24,27). The lowest BCUT2D eigenvalue weighted by atomic mass is 10.0. The number of nitrogens with one attached hydrogen (secondary N) is 1. The Labute approximate surface area is 175 Å². The number of aromatic nitrogens is 2. The molecule has 1 amide bonds. The summed E-state index contributed by atoms with van der Waals surface area (Å²) in [6, 6.07) is 10.3. The van der Waals surface area contributed by atoms with Gasteiger partial charge in [0, 0.05) is 29.9 Å². The third kappa shape index (κ3) is 4.38. The number of amides is 1. The van der Waals surface area contributed by atoms with Crippen molar-refractivity contribution >= 4 is 32.3 Å². The maximum absolute atomic E-state index is 13.7. The van der Waals surface area contributed by atoms with E-state index >= 15 is 0 Å². The van der Waals surface area contributed by atoms with E-state index in [0.29, 0.717) is 34.7 Å². The van der Waals surface area contributed by atoms with Crippen molar-refractivity contribution in [3.63, 3.8) is 0 Å². The number of sulfone groups is 1. The molecule has 1 saturated carbocycles. The van der Waals surface area contributed by atoms with Crippen LogP contribution in [0.4, 0.5) is 10.1 Å². The van der Waals surface area contributed by atoms with Crippen LogP contribution in [0.25, 0.3) is 10.9 Å². The molecule has 1 aliphatic carbocycles. The first kappa shape index (κ1) is 20.5. The summed E-state index contributed by atoms with van der Waals surface area (Å²) >= 11 is 0. The summed E-state index contributed by atoms with van der Waals surface area (Å²) in [5.41, 5.74) is 1.16. The van der Waals surface area contributed by atoms with Crippen molar-refractivity contribution in [1.29, 1.82) is 0 Å². The van der Waals surface area contributed by atoms with E-state index < -0.39 is 21.6 Å².